The number of nitrogens with one attached hydrogen (secondary N) is 2. The van der Waals surface area contributed by atoms with Crippen molar-refractivity contribution in [2.45, 2.75) is 50.4 Å². The SMILES string of the molecule is Cc1ccc(S(=O)(=O)N2CCCC2C(=O)NCc2ccc(NC(=O)C(C)C)cc2)s1. The molecule has 0 spiro atoms. The van der Waals surface area contributed by atoms with Crippen LogP contribution in [0.3, 0.4) is 0 Å². The van der Waals surface area contributed by atoms with Crippen LogP contribution >= 0.6 is 11.3 Å². The first kappa shape index (κ1) is 22.5. The molecular weight excluding hydrogens is 422 g/mol. The molecule has 1 aliphatic rings. The highest BCUT2D eigenvalue weighted by molar-refractivity contribution is 7.91. The number of hydrogen-bond acceptors (Lipinski definition) is 5. The summed E-state index contributed by atoms with van der Waals surface area (Å²) in [7, 11) is -3.67. The molecule has 1 aromatic carbocycles. The number of benzene rings is 1. The highest BCUT2D eigenvalue weighted by Gasteiger charge is 2.39. The lowest BCUT2D eigenvalue weighted by molar-refractivity contribution is -0.124. The van der Waals surface area contributed by atoms with Crippen molar-refractivity contribution in [1.82, 2.24) is 9.62 Å². The summed E-state index contributed by atoms with van der Waals surface area (Å²) in [6.45, 7) is 6.15. The molecule has 2 N–H and O–H groups in total. The third-order valence-corrected chi connectivity index (χ3v) is 8.37. The Labute approximate surface area is 181 Å². The molecule has 0 radical (unpaired) electrons. The van der Waals surface area contributed by atoms with E-state index >= 15 is 0 Å². The minimum absolute atomic E-state index is 0.0560. The van der Waals surface area contributed by atoms with Gasteiger partial charge in [0, 0.05) is 29.6 Å². The summed E-state index contributed by atoms with van der Waals surface area (Å²) in [5.41, 5.74) is 1.57. The van der Waals surface area contributed by atoms with E-state index in [1.165, 1.54) is 15.6 Å². The second kappa shape index (κ2) is 9.28. The van der Waals surface area contributed by atoms with Crippen molar-refractivity contribution >= 4 is 38.9 Å². The number of carbonyl (C=O) groups is 2. The monoisotopic (exact) mass is 449 g/mol. The predicted octanol–water partition coefficient (Wildman–Crippen LogP) is 3.12. The lowest BCUT2D eigenvalue weighted by Crippen LogP contribution is -2.45. The van der Waals surface area contributed by atoms with Crippen LogP contribution in [0.15, 0.2) is 40.6 Å². The number of rotatable bonds is 7. The van der Waals surface area contributed by atoms with Crippen molar-refractivity contribution < 1.29 is 18.0 Å². The Morgan fingerprint density at radius 3 is 2.47 bits per heavy atom. The van der Waals surface area contributed by atoms with Gasteiger partial charge in [-0.05, 0) is 49.6 Å². The molecule has 2 aromatic rings. The molecule has 30 heavy (non-hydrogen) atoms. The predicted molar refractivity (Wildman–Crippen MR) is 118 cm³/mol. The first-order valence-corrected chi connectivity index (χ1v) is 12.2. The number of thiophene rings is 1. The van der Waals surface area contributed by atoms with E-state index in [1.807, 2.05) is 32.9 Å². The van der Waals surface area contributed by atoms with E-state index in [-0.39, 0.29) is 21.9 Å². The summed E-state index contributed by atoms with van der Waals surface area (Å²) >= 11 is 1.22. The minimum Gasteiger partial charge on any atom is -0.351 e. The molecule has 2 heterocycles. The fourth-order valence-corrected chi connectivity index (χ4v) is 6.32. The first-order chi connectivity index (χ1) is 14.2. The summed E-state index contributed by atoms with van der Waals surface area (Å²) in [6.07, 6.45) is 1.17. The van der Waals surface area contributed by atoms with Crippen LogP contribution < -0.4 is 10.6 Å². The Kier molecular flexibility index (Phi) is 6.95. The minimum atomic E-state index is -3.67. The largest absolute Gasteiger partial charge is 0.351 e. The van der Waals surface area contributed by atoms with E-state index in [2.05, 4.69) is 10.6 Å². The molecule has 1 atom stereocenters. The number of nitrogens with zero attached hydrogens (tertiary/aromatic N) is 1. The Balaban J connectivity index is 1.61. The van der Waals surface area contributed by atoms with Crippen LogP contribution in [-0.4, -0.2) is 37.1 Å². The molecule has 1 aliphatic heterocycles. The van der Waals surface area contributed by atoms with Crippen molar-refractivity contribution in [3.8, 4) is 0 Å². The number of amides is 2. The van der Waals surface area contributed by atoms with Crippen molar-refractivity contribution in [3.63, 3.8) is 0 Å². The highest BCUT2D eigenvalue weighted by atomic mass is 32.2. The third-order valence-electron chi connectivity index (χ3n) is 5.00. The molecule has 0 aliphatic carbocycles. The Morgan fingerprint density at radius 1 is 1.17 bits per heavy atom. The maximum Gasteiger partial charge on any atom is 0.253 e. The Hall–Kier alpha value is -2.23. The zero-order valence-electron chi connectivity index (χ0n) is 17.3. The van der Waals surface area contributed by atoms with Crippen LogP contribution in [-0.2, 0) is 26.2 Å². The number of hydrogen-bond donors (Lipinski definition) is 2. The van der Waals surface area contributed by atoms with E-state index in [9.17, 15) is 18.0 Å². The maximum absolute atomic E-state index is 12.9. The average Bonchev–Trinajstić information content (AvgIpc) is 3.37. The molecule has 0 bridgehead atoms. The summed E-state index contributed by atoms with van der Waals surface area (Å²) in [6, 6.07) is 9.90. The van der Waals surface area contributed by atoms with Gasteiger partial charge in [0.25, 0.3) is 10.0 Å². The Bertz CT molecular complexity index is 1010. The van der Waals surface area contributed by atoms with Crippen molar-refractivity contribution in [3.05, 3.63) is 46.8 Å². The standard InChI is InChI=1S/C21H27N3O4S2/c1-14(2)20(25)23-17-9-7-16(8-10-17)13-22-21(26)18-5-4-12-24(18)30(27,28)19-11-6-15(3)29-19/h6-11,14,18H,4-5,12-13H2,1-3H3,(H,22,26)(H,23,25). The van der Waals surface area contributed by atoms with Gasteiger partial charge in [-0.25, -0.2) is 8.42 Å². The van der Waals surface area contributed by atoms with Gasteiger partial charge < -0.3 is 10.6 Å². The zero-order valence-corrected chi connectivity index (χ0v) is 19.0. The van der Waals surface area contributed by atoms with E-state index in [0.29, 0.717) is 31.6 Å². The zero-order chi connectivity index (χ0) is 21.9. The quantitative estimate of drug-likeness (QED) is 0.679. The van der Waals surface area contributed by atoms with Crippen LogP contribution in [0.4, 0.5) is 5.69 Å². The number of aryl methyl sites for hydroxylation is 1. The topological polar surface area (TPSA) is 95.6 Å². The summed E-state index contributed by atoms with van der Waals surface area (Å²) < 4.78 is 27.5. The molecule has 3 rings (SSSR count). The highest BCUT2D eigenvalue weighted by Crippen LogP contribution is 2.30. The van der Waals surface area contributed by atoms with Gasteiger partial charge in [0.1, 0.15) is 10.3 Å². The molecule has 162 valence electrons. The average molecular weight is 450 g/mol. The smallest absolute Gasteiger partial charge is 0.253 e. The number of carbonyl (C=O) groups excluding carboxylic acids is 2. The van der Waals surface area contributed by atoms with E-state index in [4.69, 9.17) is 0 Å². The second-order valence-corrected chi connectivity index (χ2v) is 11.1. The van der Waals surface area contributed by atoms with Gasteiger partial charge in [-0.15, -0.1) is 11.3 Å². The molecule has 2 amide bonds. The van der Waals surface area contributed by atoms with Crippen LogP contribution in [0, 0.1) is 12.8 Å². The van der Waals surface area contributed by atoms with Gasteiger partial charge in [0.2, 0.25) is 11.8 Å². The molecule has 1 saturated heterocycles. The van der Waals surface area contributed by atoms with Crippen molar-refractivity contribution in [2.24, 2.45) is 5.92 Å². The van der Waals surface area contributed by atoms with Gasteiger partial charge in [0.15, 0.2) is 0 Å². The van der Waals surface area contributed by atoms with Crippen molar-refractivity contribution in [2.75, 3.05) is 11.9 Å². The molecular formula is C21H27N3O4S2. The van der Waals surface area contributed by atoms with E-state index in [0.717, 1.165) is 10.4 Å². The molecule has 1 aromatic heterocycles. The first-order valence-electron chi connectivity index (χ1n) is 9.94. The molecule has 7 nitrogen and oxygen atoms in total. The lowest BCUT2D eigenvalue weighted by Gasteiger charge is -2.22. The molecule has 9 heteroatoms. The van der Waals surface area contributed by atoms with Gasteiger partial charge in [-0.1, -0.05) is 26.0 Å². The van der Waals surface area contributed by atoms with Gasteiger partial charge in [-0.3, -0.25) is 9.59 Å². The lowest BCUT2D eigenvalue weighted by atomic mass is 10.1. The summed E-state index contributed by atoms with van der Waals surface area (Å²) in [5, 5.41) is 5.67. The van der Waals surface area contributed by atoms with Gasteiger partial charge in [0.05, 0.1) is 0 Å². The van der Waals surface area contributed by atoms with Crippen LogP contribution in [0.1, 0.15) is 37.1 Å². The van der Waals surface area contributed by atoms with Crippen molar-refractivity contribution in [1.29, 1.82) is 0 Å². The van der Waals surface area contributed by atoms with Crippen LogP contribution in [0.5, 0.6) is 0 Å². The van der Waals surface area contributed by atoms with Gasteiger partial charge in [-0.2, -0.15) is 4.31 Å². The normalized spacial score (nSPS) is 17.3. The molecule has 1 fully saturated rings. The molecule has 0 saturated carbocycles. The van der Waals surface area contributed by atoms with Gasteiger partial charge >= 0.3 is 0 Å². The number of sulfonamides is 1. The summed E-state index contributed by atoms with van der Waals surface area (Å²) in [5.74, 6) is -0.450. The number of anilines is 1. The summed E-state index contributed by atoms with van der Waals surface area (Å²) in [4.78, 5) is 25.4. The maximum atomic E-state index is 12.9. The molecule has 1 unspecified atom stereocenters. The fourth-order valence-electron chi connectivity index (χ4n) is 3.26. The Morgan fingerprint density at radius 2 is 1.87 bits per heavy atom. The van der Waals surface area contributed by atoms with E-state index in [1.54, 1.807) is 24.3 Å². The fraction of sp³-hybridized carbons (Fsp3) is 0.429. The van der Waals surface area contributed by atoms with E-state index < -0.39 is 16.1 Å². The van der Waals surface area contributed by atoms with Crippen LogP contribution in [0.2, 0.25) is 0 Å². The second-order valence-electron chi connectivity index (χ2n) is 7.70. The third kappa shape index (κ3) is 5.08. The van der Waals surface area contributed by atoms with Crippen LogP contribution in [0.25, 0.3) is 0 Å².